The van der Waals surface area contributed by atoms with Gasteiger partial charge in [-0.2, -0.15) is 5.26 Å². The molecule has 1 saturated heterocycles. The van der Waals surface area contributed by atoms with Crippen LogP contribution in [0.15, 0.2) is 42.5 Å². The Morgan fingerprint density at radius 3 is 2.65 bits per heavy atom. The third-order valence-electron chi connectivity index (χ3n) is 6.97. The lowest BCUT2D eigenvalue weighted by Crippen LogP contribution is -2.55. The number of fused-ring (bicyclic) bond motifs is 1. The van der Waals surface area contributed by atoms with Gasteiger partial charge >= 0.3 is 5.97 Å². The van der Waals surface area contributed by atoms with Crippen LogP contribution in [0.25, 0.3) is 22.2 Å². The molecule has 0 saturated carbocycles. The lowest BCUT2D eigenvalue weighted by atomic mass is 10.0. The van der Waals surface area contributed by atoms with E-state index < -0.39 is 17.8 Å². The van der Waals surface area contributed by atoms with Crippen LogP contribution in [0.3, 0.4) is 0 Å². The highest BCUT2D eigenvalue weighted by molar-refractivity contribution is 7.16. The highest BCUT2D eigenvalue weighted by atomic mass is 32.1. The Morgan fingerprint density at radius 2 is 1.98 bits per heavy atom. The number of esters is 1. The summed E-state index contributed by atoms with van der Waals surface area (Å²) in [5.74, 6) is -1.27. The smallest absolute Gasteiger partial charge is 0.329 e. The molecule has 40 heavy (non-hydrogen) atoms. The zero-order chi connectivity index (χ0) is 28.6. The molecule has 0 bridgehead atoms. The summed E-state index contributed by atoms with van der Waals surface area (Å²) in [5.41, 5.74) is 3.18. The Balaban J connectivity index is 1.66. The molecule has 1 atom stereocenters. The number of nitriles is 1. The molecular weight excluding hydrogens is 534 g/mol. The van der Waals surface area contributed by atoms with E-state index in [2.05, 4.69) is 16.4 Å². The van der Waals surface area contributed by atoms with E-state index in [4.69, 9.17) is 9.72 Å². The predicted molar refractivity (Wildman–Crippen MR) is 152 cm³/mol. The van der Waals surface area contributed by atoms with Crippen molar-refractivity contribution in [1.82, 2.24) is 15.3 Å². The van der Waals surface area contributed by atoms with Crippen LogP contribution in [0.1, 0.15) is 30.3 Å². The summed E-state index contributed by atoms with van der Waals surface area (Å²) in [5, 5.41) is 14.1. The number of hydrogen-bond acceptors (Lipinski definition) is 9. The fraction of sp³-hybridized carbons (Fsp3) is 0.310. The molecule has 0 aliphatic carbocycles. The number of anilines is 3. The molecule has 8 nitrogen and oxygen atoms in total. The maximum absolute atomic E-state index is 15.8. The summed E-state index contributed by atoms with van der Waals surface area (Å²) in [6.45, 7) is 5.47. The molecule has 1 aliphatic rings. The third-order valence-corrected chi connectivity index (χ3v) is 8.01. The number of carbonyl (C=O) groups is 1. The van der Waals surface area contributed by atoms with Crippen LogP contribution in [0, 0.1) is 23.0 Å². The molecule has 1 fully saturated rings. The fourth-order valence-electron chi connectivity index (χ4n) is 4.81. The standard InChI is InChI=1S/C29H28F2N6O2S/c1-16(2)22-13-23(36(3)29-35-26(25(14-32)40-29)17-5-7-18(30)8-6-17)20-11-19(12-21(31)27(20)34-22)37-10-9-33-15-24(37)28(38)39-4/h5-8,11-13,16,24,33H,9-10,15H2,1-4H3. The lowest BCUT2D eigenvalue weighted by molar-refractivity contribution is -0.142. The number of carbonyl (C=O) groups excluding carboxylic acids is 1. The Bertz CT molecular complexity index is 1620. The molecule has 2 aromatic heterocycles. The minimum absolute atomic E-state index is 0.0215. The third kappa shape index (κ3) is 5.08. The molecule has 1 N–H and O–H groups in total. The van der Waals surface area contributed by atoms with Crippen LogP contribution in [0.2, 0.25) is 0 Å². The summed E-state index contributed by atoms with van der Waals surface area (Å²) >= 11 is 1.19. The van der Waals surface area contributed by atoms with Crippen molar-refractivity contribution < 1.29 is 18.3 Å². The van der Waals surface area contributed by atoms with Gasteiger partial charge in [0.15, 0.2) is 10.9 Å². The Morgan fingerprint density at radius 1 is 1.23 bits per heavy atom. The zero-order valence-electron chi connectivity index (χ0n) is 22.5. The highest BCUT2D eigenvalue weighted by Gasteiger charge is 2.31. The number of benzene rings is 2. The molecule has 4 aromatic rings. The highest BCUT2D eigenvalue weighted by Crippen LogP contribution is 2.40. The zero-order valence-corrected chi connectivity index (χ0v) is 23.4. The van der Waals surface area contributed by atoms with E-state index in [1.165, 1.54) is 36.6 Å². The second kappa shape index (κ2) is 11.2. The molecule has 5 rings (SSSR count). The van der Waals surface area contributed by atoms with E-state index in [-0.39, 0.29) is 17.3 Å². The van der Waals surface area contributed by atoms with Gasteiger partial charge in [-0.25, -0.2) is 23.5 Å². The molecule has 1 unspecified atom stereocenters. The van der Waals surface area contributed by atoms with Crippen LogP contribution < -0.4 is 15.1 Å². The van der Waals surface area contributed by atoms with Gasteiger partial charge in [-0.15, -0.1) is 0 Å². The first-order chi connectivity index (χ1) is 19.2. The molecule has 206 valence electrons. The van der Waals surface area contributed by atoms with Crippen molar-refractivity contribution >= 4 is 44.7 Å². The van der Waals surface area contributed by atoms with Gasteiger partial charge in [-0.3, -0.25) is 0 Å². The van der Waals surface area contributed by atoms with E-state index in [1.807, 2.05) is 35.8 Å². The van der Waals surface area contributed by atoms with Crippen LogP contribution >= 0.6 is 11.3 Å². The second-order valence-electron chi connectivity index (χ2n) is 9.83. The Hall–Kier alpha value is -4.14. The molecule has 0 amide bonds. The normalized spacial score (nSPS) is 15.3. The lowest BCUT2D eigenvalue weighted by Gasteiger charge is -2.36. The maximum Gasteiger partial charge on any atom is 0.329 e. The fourth-order valence-corrected chi connectivity index (χ4v) is 5.67. The number of nitrogens with one attached hydrogen (secondary N) is 1. The number of nitrogens with zero attached hydrogens (tertiary/aromatic N) is 5. The summed E-state index contributed by atoms with van der Waals surface area (Å²) < 4.78 is 34.3. The van der Waals surface area contributed by atoms with Crippen LogP contribution in [0.5, 0.6) is 0 Å². The van der Waals surface area contributed by atoms with Crippen LogP contribution in [0.4, 0.5) is 25.3 Å². The van der Waals surface area contributed by atoms with Crippen molar-refractivity contribution in [2.24, 2.45) is 0 Å². The van der Waals surface area contributed by atoms with Gasteiger partial charge in [0, 0.05) is 49.0 Å². The SMILES string of the molecule is COC(=O)C1CNCCN1c1cc(F)c2nc(C(C)C)cc(N(C)c3nc(-c4ccc(F)cc4)c(C#N)s3)c2c1. The number of thiazole rings is 1. The number of rotatable bonds is 6. The average Bonchev–Trinajstić information content (AvgIpc) is 3.40. The minimum atomic E-state index is -0.602. The first-order valence-electron chi connectivity index (χ1n) is 12.8. The van der Waals surface area contributed by atoms with Gasteiger partial charge in [-0.1, -0.05) is 25.2 Å². The van der Waals surface area contributed by atoms with Crippen molar-refractivity contribution in [3.8, 4) is 17.3 Å². The quantitative estimate of drug-likeness (QED) is 0.315. The second-order valence-corrected chi connectivity index (χ2v) is 10.8. The van der Waals surface area contributed by atoms with Gasteiger partial charge in [0.25, 0.3) is 0 Å². The Kier molecular flexibility index (Phi) is 7.65. The Labute approximate surface area is 234 Å². The maximum atomic E-state index is 15.8. The number of aromatic nitrogens is 2. The van der Waals surface area contributed by atoms with Crippen molar-refractivity contribution in [1.29, 1.82) is 5.26 Å². The summed E-state index contributed by atoms with van der Waals surface area (Å²) in [6.07, 6.45) is 0. The topological polar surface area (TPSA) is 94.4 Å². The minimum Gasteiger partial charge on any atom is -0.467 e. The molecule has 0 spiro atoms. The van der Waals surface area contributed by atoms with Gasteiger partial charge in [0.05, 0.1) is 12.8 Å². The monoisotopic (exact) mass is 562 g/mol. The van der Waals surface area contributed by atoms with Gasteiger partial charge in [0.2, 0.25) is 0 Å². The van der Waals surface area contributed by atoms with Crippen molar-refractivity contribution in [3.63, 3.8) is 0 Å². The van der Waals surface area contributed by atoms with E-state index in [0.717, 1.165) is 0 Å². The van der Waals surface area contributed by atoms with Gasteiger partial charge in [-0.05, 0) is 48.4 Å². The molecular formula is C29H28F2N6O2S. The summed E-state index contributed by atoms with van der Waals surface area (Å²) in [4.78, 5) is 25.9. The largest absolute Gasteiger partial charge is 0.467 e. The number of ether oxygens (including phenoxy) is 1. The summed E-state index contributed by atoms with van der Waals surface area (Å²) in [6, 6.07) is 12.6. The molecule has 0 radical (unpaired) electrons. The van der Waals surface area contributed by atoms with E-state index in [1.54, 1.807) is 19.2 Å². The summed E-state index contributed by atoms with van der Waals surface area (Å²) in [7, 11) is 3.14. The molecule has 3 heterocycles. The van der Waals surface area contributed by atoms with E-state index in [9.17, 15) is 14.4 Å². The number of methoxy groups -OCH3 is 1. The van der Waals surface area contributed by atoms with Crippen molar-refractivity contribution in [2.75, 3.05) is 43.6 Å². The molecule has 2 aromatic carbocycles. The number of pyridine rings is 1. The first-order valence-corrected chi connectivity index (χ1v) is 13.6. The number of halogens is 2. The average molecular weight is 563 g/mol. The van der Waals surface area contributed by atoms with E-state index in [0.29, 0.717) is 63.4 Å². The number of hydrogen-bond donors (Lipinski definition) is 1. The number of piperazine rings is 1. The molecule has 1 aliphatic heterocycles. The van der Waals surface area contributed by atoms with Crippen LogP contribution in [-0.2, 0) is 9.53 Å². The van der Waals surface area contributed by atoms with Crippen molar-refractivity contribution in [3.05, 3.63) is 64.7 Å². The van der Waals surface area contributed by atoms with Gasteiger partial charge < -0.3 is 19.9 Å². The van der Waals surface area contributed by atoms with Crippen LogP contribution in [-0.4, -0.2) is 55.8 Å². The first kappa shape index (κ1) is 27.4. The van der Waals surface area contributed by atoms with E-state index >= 15 is 4.39 Å². The van der Waals surface area contributed by atoms with Gasteiger partial charge in [0.1, 0.15) is 34.0 Å². The van der Waals surface area contributed by atoms with Crippen molar-refractivity contribution in [2.45, 2.75) is 25.8 Å². The predicted octanol–water partition coefficient (Wildman–Crippen LogP) is 5.35. The molecule has 11 heteroatoms.